The van der Waals surface area contributed by atoms with Crippen LogP contribution in [0, 0.1) is 5.41 Å². The molecule has 2 heterocycles. The van der Waals surface area contributed by atoms with Gasteiger partial charge in [-0.15, -0.1) is 23.1 Å². The van der Waals surface area contributed by atoms with E-state index in [-0.39, 0.29) is 5.91 Å². The summed E-state index contributed by atoms with van der Waals surface area (Å²) in [6.45, 7) is 3.91. The van der Waals surface area contributed by atoms with E-state index in [9.17, 15) is 4.79 Å². The van der Waals surface area contributed by atoms with Crippen LogP contribution in [0.3, 0.4) is 0 Å². The van der Waals surface area contributed by atoms with Crippen molar-refractivity contribution in [3.8, 4) is 0 Å². The van der Waals surface area contributed by atoms with Crippen molar-refractivity contribution in [2.24, 2.45) is 10.5 Å². The van der Waals surface area contributed by atoms with Crippen molar-refractivity contribution in [3.63, 3.8) is 0 Å². The summed E-state index contributed by atoms with van der Waals surface area (Å²) in [5.41, 5.74) is 4.54. The number of hydrazone groups is 1. The maximum Gasteiger partial charge on any atom is 0.246 e. The van der Waals surface area contributed by atoms with Gasteiger partial charge in [-0.1, -0.05) is 44.2 Å². The first-order chi connectivity index (χ1) is 10.5. The molecule has 0 spiro atoms. The monoisotopic (exact) mass is 330 g/mol. The highest BCUT2D eigenvalue weighted by molar-refractivity contribution is 8.00. The second-order valence-corrected chi connectivity index (χ2v) is 8.31. The van der Waals surface area contributed by atoms with Gasteiger partial charge < -0.3 is 0 Å². The zero-order valence-corrected chi connectivity index (χ0v) is 14.3. The Morgan fingerprint density at radius 1 is 1.23 bits per heavy atom. The number of benzene rings is 1. The molecule has 0 fully saturated rings. The summed E-state index contributed by atoms with van der Waals surface area (Å²) < 4.78 is 1.27. The summed E-state index contributed by atoms with van der Waals surface area (Å²) >= 11 is 3.58. The molecule has 1 aromatic carbocycles. The number of rotatable bonds is 4. The predicted molar refractivity (Wildman–Crippen MR) is 93.4 cm³/mol. The first-order valence-corrected chi connectivity index (χ1v) is 8.99. The van der Waals surface area contributed by atoms with Gasteiger partial charge in [0.25, 0.3) is 0 Å². The number of nitrogens with one attached hydrogen (secondary N) is 1. The molecule has 0 aliphatic carbocycles. The van der Waals surface area contributed by atoms with E-state index in [0.717, 1.165) is 16.3 Å². The Balaban J connectivity index is 1.68. The number of amides is 1. The fourth-order valence-electron chi connectivity index (χ4n) is 2.23. The SMILES string of the molecule is CC1(C)CC(c2ccc(SCc3ccccc3)s2)=NNC1=O. The highest BCUT2D eigenvalue weighted by atomic mass is 32.2. The number of carbonyl (C=O) groups excluding carboxylic acids is 1. The lowest BCUT2D eigenvalue weighted by Gasteiger charge is -2.26. The number of hydrogen-bond acceptors (Lipinski definition) is 4. The smallest absolute Gasteiger partial charge is 0.246 e. The number of hydrogen-bond donors (Lipinski definition) is 1. The van der Waals surface area contributed by atoms with E-state index in [1.54, 1.807) is 11.3 Å². The molecule has 1 aromatic heterocycles. The van der Waals surface area contributed by atoms with Crippen molar-refractivity contribution >= 4 is 34.7 Å². The maximum atomic E-state index is 11.7. The Kier molecular flexibility index (Phi) is 4.36. The van der Waals surface area contributed by atoms with Crippen LogP contribution in [-0.4, -0.2) is 11.6 Å². The molecule has 0 bridgehead atoms. The van der Waals surface area contributed by atoms with Crippen molar-refractivity contribution < 1.29 is 4.79 Å². The van der Waals surface area contributed by atoms with E-state index in [0.29, 0.717) is 6.42 Å². The first kappa shape index (κ1) is 15.3. The minimum Gasteiger partial charge on any atom is -0.273 e. The molecule has 0 atom stereocenters. The standard InChI is InChI=1S/C17H18N2OS2/c1-17(2)10-13(18-19-16(17)20)14-8-9-15(22-14)21-11-12-6-4-3-5-7-12/h3-9H,10-11H2,1-2H3,(H,19,20). The third kappa shape index (κ3) is 3.42. The third-order valence-electron chi connectivity index (χ3n) is 3.61. The number of thiophene rings is 1. The average molecular weight is 330 g/mol. The molecule has 0 saturated carbocycles. The number of nitrogens with zero attached hydrogens (tertiary/aromatic N) is 1. The van der Waals surface area contributed by atoms with Gasteiger partial charge in [0.2, 0.25) is 5.91 Å². The quantitative estimate of drug-likeness (QED) is 0.850. The molecule has 114 valence electrons. The lowest BCUT2D eigenvalue weighted by atomic mass is 9.85. The summed E-state index contributed by atoms with van der Waals surface area (Å²) in [6, 6.07) is 14.7. The molecule has 0 radical (unpaired) electrons. The number of carbonyl (C=O) groups is 1. The minimum absolute atomic E-state index is 0.00789. The lowest BCUT2D eigenvalue weighted by molar-refractivity contribution is -0.129. The van der Waals surface area contributed by atoms with E-state index >= 15 is 0 Å². The predicted octanol–water partition coefficient (Wildman–Crippen LogP) is 4.29. The molecule has 2 aromatic rings. The molecule has 3 rings (SSSR count). The summed E-state index contributed by atoms with van der Waals surface area (Å²) in [7, 11) is 0. The van der Waals surface area contributed by atoms with Gasteiger partial charge in [0.15, 0.2) is 0 Å². The Morgan fingerprint density at radius 2 is 2.00 bits per heavy atom. The molecule has 0 saturated heterocycles. The summed E-state index contributed by atoms with van der Waals surface area (Å²) in [5, 5.41) is 4.23. The zero-order valence-electron chi connectivity index (χ0n) is 12.6. The van der Waals surface area contributed by atoms with E-state index < -0.39 is 5.41 Å². The van der Waals surface area contributed by atoms with Gasteiger partial charge >= 0.3 is 0 Å². The first-order valence-electron chi connectivity index (χ1n) is 7.18. The summed E-state index contributed by atoms with van der Waals surface area (Å²) in [6.07, 6.45) is 0.683. The molecule has 5 heteroatoms. The highest BCUT2D eigenvalue weighted by Gasteiger charge is 2.33. The normalized spacial score (nSPS) is 17.0. The Bertz CT molecular complexity index is 704. The average Bonchev–Trinajstić information content (AvgIpc) is 2.98. The second kappa shape index (κ2) is 6.26. The van der Waals surface area contributed by atoms with E-state index in [1.807, 2.05) is 31.7 Å². The van der Waals surface area contributed by atoms with Crippen LogP contribution in [0.5, 0.6) is 0 Å². The second-order valence-electron chi connectivity index (χ2n) is 5.95. The molecule has 1 aliphatic heterocycles. The van der Waals surface area contributed by atoms with Crippen LogP contribution >= 0.6 is 23.1 Å². The van der Waals surface area contributed by atoms with Gasteiger partial charge in [0.05, 0.1) is 20.2 Å². The van der Waals surface area contributed by atoms with E-state index in [1.165, 1.54) is 9.77 Å². The van der Waals surface area contributed by atoms with Crippen molar-refractivity contribution in [1.29, 1.82) is 0 Å². The van der Waals surface area contributed by atoms with Crippen LogP contribution in [0.2, 0.25) is 0 Å². The topological polar surface area (TPSA) is 41.5 Å². The third-order valence-corrected chi connectivity index (χ3v) is 6.04. The van der Waals surface area contributed by atoms with Crippen LogP contribution in [0.1, 0.15) is 30.7 Å². The Labute approximate surface area is 138 Å². The molecular formula is C17H18N2OS2. The molecule has 3 nitrogen and oxygen atoms in total. The van der Waals surface area contributed by atoms with Gasteiger partial charge in [-0.3, -0.25) is 4.79 Å². The largest absolute Gasteiger partial charge is 0.273 e. The zero-order chi connectivity index (χ0) is 15.6. The van der Waals surface area contributed by atoms with Crippen LogP contribution in [0.15, 0.2) is 51.8 Å². The number of thioether (sulfide) groups is 1. The molecule has 1 amide bonds. The molecule has 0 unspecified atom stereocenters. The summed E-state index contributed by atoms with van der Waals surface area (Å²) in [5.74, 6) is 0.960. The van der Waals surface area contributed by atoms with E-state index in [4.69, 9.17) is 0 Å². The van der Waals surface area contributed by atoms with Gasteiger partial charge in [0.1, 0.15) is 0 Å². The Hall–Kier alpha value is -1.59. The Morgan fingerprint density at radius 3 is 2.73 bits per heavy atom. The van der Waals surface area contributed by atoms with E-state index in [2.05, 4.69) is 46.9 Å². The van der Waals surface area contributed by atoms with Gasteiger partial charge in [-0.05, 0) is 17.7 Å². The molecule has 1 N–H and O–H groups in total. The highest BCUT2D eigenvalue weighted by Crippen LogP contribution is 2.33. The van der Waals surface area contributed by atoms with Crippen LogP contribution in [0.25, 0.3) is 0 Å². The molecule has 1 aliphatic rings. The summed E-state index contributed by atoms with van der Waals surface area (Å²) in [4.78, 5) is 12.9. The fraction of sp³-hybridized carbons (Fsp3) is 0.294. The molecule has 22 heavy (non-hydrogen) atoms. The van der Waals surface area contributed by atoms with Crippen molar-refractivity contribution in [1.82, 2.24) is 5.43 Å². The maximum absolute atomic E-state index is 11.7. The van der Waals surface area contributed by atoms with Crippen molar-refractivity contribution in [2.45, 2.75) is 30.2 Å². The lowest BCUT2D eigenvalue weighted by Crippen LogP contribution is -2.40. The van der Waals surface area contributed by atoms with Gasteiger partial charge in [-0.25, -0.2) is 5.43 Å². The van der Waals surface area contributed by atoms with Crippen LogP contribution in [0.4, 0.5) is 0 Å². The van der Waals surface area contributed by atoms with Crippen molar-refractivity contribution in [3.05, 3.63) is 52.9 Å². The minimum atomic E-state index is -0.390. The molecular weight excluding hydrogens is 312 g/mol. The van der Waals surface area contributed by atoms with Crippen molar-refractivity contribution in [2.75, 3.05) is 0 Å². The fourth-order valence-corrected chi connectivity index (χ4v) is 4.30. The van der Waals surface area contributed by atoms with Crippen LogP contribution in [-0.2, 0) is 10.5 Å². The van der Waals surface area contributed by atoms with Gasteiger partial charge in [-0.2, -0.15) is 5.10 Å². The van der Waals surface area contributed by atoms with Crippen LogP contribution < -0.4 is 5.43 Å². The van der Waals surface area contributed by atoms with Gasteiger partial charge in [0, 0.05) is 12.2 Å².